The predicted octanol–water partition coefficient (Wildman–Crippen LogP) is 3.49. The van der Waals surface area contributed by atoms with E-state index in [1.165, 1.54) is 11.1 Å². The minimum atomic E-state index is 0.0992. The first kappa shape index (κ1) is 18.8. The summed E-state index contributed by atoms with van der Waals surface area (Å²) < 4.78 is 0. The number of hydrogen-bond acceptors (Lipinski definition) is 3. The summed E-state index contributed by atoms with van der Waals surface area (Å²) in [5, 5.41) is 9.75. The van der Waals surface area contributed by atoms with Gasteiger partial charge in [-0.1, -0.05) is 36.4 Å². The highest BCUT2D eigenvalue weighted by molar-refractivity contribution is 5.75. The summed E-state index contributed by atoms with van der Waals surface area (Å²) in [5.74, 6) is 1.23. The summed E-state index contributed by atoms with van der Waals surface area (Å²) in [6.07, 6.45) is 0. The topological polar surface area (TPSA) is 47.0 Å². The normalized spacial score (nSPS) is 24.4. The van der Waals surface area contributed by atoms with E-state index in [0.29, 0.717) is 17.6 Å². The summed E-state index contributed by atoms with van der Waals surface area (Å²) in [5.41, 5.74) is 3.65. The zero-order valence-corrected chi connectivity index (χ0v) is 16.9. The molecule has 2 aliphatic heterocycles. The van der Waals surface area contributed by atoms with E-state index in [1.54, 1.807) is 11.0 Å². The molecule has 0 saturated carbocycles. The zero-order chi connectivity index (χ0) is 19.8. The summed E-state index contributed by atoms with van der Waals surface area (Å²) >= 11 is 0. The Hall–Kier alpha value is -2.53. The molecule has 0 unspecified atom stereocenters. The molecule has 1 N–H and O–H groups in total. The first-order chi connectivity index (χ1) is 13.4. The van der Waals surface area contributed by atoms with E-state index in [0.717, 1.165) is 31.7 Å². The molecule has 3 atom stereocenters. The van der Waals surface area contributed by atoms with Gasteiger partial charge in [0.25, 0.3) is 0 Å². The molecule has 2 aliphatic rings. The van der Waals surface area contributed by atoms with Gasteiger partial charge in [-0.15, -0.1) is 0 Å². The van der Waals surface area contributed by atoms with Gasteiger partial charge in [0.15, 0.2) is 0 Å². The second-order valence-corrected chi connectivity index (χ2v) is 8.42. The Morgan fingerprint density at radius 2 is 1.89 bits per heavy atom. The maximum Gasteiger partial charge on any atom is 0.320 e. The molecular weight excluding hydrogens is 350 g/mol. The Labute approximate surface area is 167 Å². The number of nitrogens with zero attached hydrogens (tertiary/aromatic N) is 3. The Morgan fingerprint density at radius 1 is 1.11 bits per heavy atom. The van der Waals surface area contributed by atoms with Gasteiger partial charge in [0, 0.05) is 46.2 Å². The number of hydrogen-bond donors (Lipinski definition) is 1. The van der Waals surface area contributed by atoms with Gasteiger partial charge < -0.3 is 14.9 Å². The Bertz CT molecular complexity index is 866. The van der Waals surface area contributed by atoms with Gasteiger partial charge in [-0.25, -0.2) is 4.79 Å². The van der Waals surface area contributed by atoms with E-state index in [-0.39, 0.29) is 12.1 Å². The van der Waals surface area contributed by atoms with Gasteiger partial charge in [0.05, 0.1) is 6.04 Å². The fourth-order valence-electron chi connectivity index (χ4n) is 4.95. The van der Waals surface area contributed by atoms with E-state index in [2.05, 4.69) is 47.1 Å². The molecule has 148 valence electrons. The van der Waals surface area contributed by atoms with Crippen molar-refractivity contribution in [3.8, 4) is 5.75 Å². The first-order valence-electron chi connectivity index (χ1n) is 9.97. The van der Waals surface area contributed by atoms with Crippen molar-refractivity contribution < 1.29 is 9.90 Å². The molecular formula is C23H29N3O2. The lowest BCUT2D eigenvalue weighted by Gasteiger charge is -2.32. The number of fused-ring (bicyclic) bond motifs is 1. The van der Waals surface area contributed by atoms with Crippen LogP contribution >= 0.6 is 0 Å². The number of aromatic hydroxyl groups is 1. The second-order valence-electron chi connectivity index (χ2n) is 8.42. The van der Waals surface area contributed by atoms with Gasteiger partial charge in [-0.3, -0.25) is 4.90 Å². The van der Waals surface area contributed by atoms with Gasteiger partial charge in [-0.2, -0.15) is 0 Å². The van der Waals surface area contributed by atoms with E-state index in [1.807, 2.05) is 26.2 Å². The van der Waals surface area contributed by atoms with Crippen LogP contribution in [0.2, 0.25) is 0 Å². The Morgan fingerprint density at radius 3 is 2.61 bits per heavy atom. The third-order valence-corrected chi connectivity index (χ3v) is 6.19. The molecule has 5 heteroatoms. The van der Waals surface area contributed by atoms with Crippen LogP contribution in [0.4, 0.5) is 4.79 Å². The Kier molecular flexibility index (Phi) is 5.02. The molecule has 2 saturated heterocycles. The lowest BCUT2D eigenvalue weighted by atomic mass is 9.88. The van der Waals surface area contributed by atoms with E-state index in [4.69, 9.17) is 0 Å². The number of rotatable bonds is 3. The van der Waals surface area contributed by atoms with Crippen molar-refractivity contribution in [2.24, 2.45) is 11.8 Å². The molecule has 2 fully saturated rings. The summed E-state index contributed by atoms with van der Waals surface area (Å²) in [6.45, 7) is 5.73. The van der Waals surface area contributed by atoms with Crippen molar-refractivity contribution in [1.82, 2.24) is 14.7 Å². The summed E-state index contributed by atoms with van der Waals surface area (Å²) in [7, 11) is 3.67. The highest BCUT2D eigenvalue weighted by Crippen LogP contribution is 2.46. The molecule has 28 heavy (non-hydrogen) atoms. The number of phenols is 1. The highest BCUT2D eigenvalue weighted by Gasteiger charge is 2.49. The maximum atomic E-state index is 12.9. The quantitative estimate of drug-likeness (QED) is 0.888. The number of carbonyl (C=O) groups excluding carboxylic acids is 1. The van der Waals surface area contributed by atoms with Crippen LogP contribution in [0.3, 0.4) is 0 Å². The van der Waals surface area contributed by atoms with Crippen molar-refractivity contribution in [2.75, 3.05) is 33.7 Å². The van der Waals surface area contributed by atoms with Gasteiger partial charge in [0.2, 0.25) is 0 Å². The van der Waals surface area contributed by atoms with Crippen molar-refractivity contribution in [1.29, 1.82) is 0 Å². The van der Waals surface area contributed by atoms with Crippen LogP contribution in [-0.2, 0) is 6.54 Å². The molecule has 2 aromatic rings. The standard InChI is InChI=1S/C23H29N3O2/c1-16-7-4-5-10-20(16)22-21-15-25(12-17-8-6-9-19(27)11-17)13-18(21)14-26(22)23(28)24(2)3/h4-11,18,21-22,27H,12-15H2,1-3H3/t18-,21-,22+/m1/s1. The lowest BCUT2D eigenvalue weighted by molar-refractivity contribution is 0.151. The van der Waals surface area contributed by atoms with Crippen LogP contribution in [0, 0.1) is 18.8 Å². The monoisotopic (exact) mass is 379 g/mol. The zero-order valence-electron chi connectivity index (χ0n) is 16.9. The number of phenolic OH excluding ortho intramolecular Hbond substituents is 1. The van der Waals surface area contributed by atoms with Gasteiger partial charge in [0.1, 0.15) is 5.75 Å². The van der Waals surface area contributed by atoms with E-state index < -0.39 is 0 Å². The lowest BCUT2D eigenvalue weighted by Crippen LogP contribution is -2.41. The molecule has 2 aromatic carbocycles. The number of likely N-dealkylation sites (tertiary alicyclic amines) is 2. The molecule has 0 aliphatic carbocycles. The minimum Gasteiger partial charge on any atom is -0.508 e. The van der Waals surface area contributed by atoms with E-state index >= 15 is 0 Å². The van der Waals surface area contributed by atoms with Crippen LogP contribution in [0.1, 0.15) is 22.7 Å². The fourth-order valence-corrected chi connectivity index (χ4v) is 4.95. The summed E-state index contributed by atoms with van der Waals surface area (Å²) in [4.78, 5) is 19.1. The maximum absolute atomic E-state index is 12.9. The third kappa shape index (κ3) is 3.47. The number of carbonyl (C=O) groups is 1. The highest BCUT2D eigenvalue weighted by atomic mass is 16.3. The molecule has 2 heterocycles. The van der Waals surface area contributed by atoms with Crippen LogP contribution in [0.25, 0.3) is 0 Å². The molecule has 5 nitrogen and oxygen atoms in total. The molecule has 0 spiro atoms. The minimum absolute atomic E-state index is 0.0992. The SMILES string of the molecule is Cc1ccccc1[C@H]1[C@@H]2CN(Cc3cccc(O)c3)C[C@@H]2CN1C(=O)N(C)C. The van der Waals surface area contributed by atoms with Crippen LogP contribution in [-0.4, -0.2) is 59.6 Å². The number of benzene rings is 2. The van der Waals surface area contributed by atoms with Crippen molar-refractivity contribution in [3.63, 3.8) is 0 Å². The molecule has 2 amide bonds. The number of amides is 2. The number of urea groups is 1. The smallest absolute Gasteiger partial charge is 0.320 e. The molecule has 4 rings (SSSR count). The first-order valence-corrected chi connectivity index (χ1v) is 9.97. The van der Waals surface area contributed by atoms with Crippen molar-refractivity contribution >= 4 is 6.03 Å². The predicted molar refractivity (Wildman–Crippen MR) is 110 cm³/mol. The average molecular weight is 380 g/mol. The fraction of sp³-hybridized carbons (Fsp3) is 0.435. The molecule has 0 radical (unpaired) electrons. The van der Waals surface area contributed by atoms with E-state index in [9.17, 15) is 9.90 Å². The second kappa shape index (κ2) is 7.47. The summed E-state index contributed by atoms with van der Waals surface area (Å²) in [6, 6.07) is 16.2. The van der Waals surface area contributed by atoms with Crippen LogP contribution in [0.15, 0.2) is 48.5 Å². The van der Waals surface area contributed by atoms with Crippen LogP contribution in [0.5, 0.6) is 5.75 Å². The van der Waals surface area contributed by atoms with Crippen molar-refractivity contribution in [3.05, 3.63) is 65.2 Å². The van der Waals surface area contributed by atoms with Gasteiger partial charge >= 0.3 is 6.03 Å². The Balaban J connectivity index is 1.58. The van der Waals surface area contributed by atoms with Crippen LogP contribution < -0.4 is 0 Å². The molecule has 0 bridgehead atoms. The third-order valence-electron chi connectivity index (χ3n) is 6.19. The average Bonchev–Trinajstić information content (AvgIpc) is 3.18. The molecule has 0 aromatic heterocycles. The van der Waals surface area contributed by atoms with Gasteiger partial charge in [-0.05, 0) is 41.7 Å². The largest absolute Gasteiger partial charge is 0.508 e. The number of aryl methyl sites for hydroxylation is 1. The van der Waals surface area contributed by atoms with Crippen molar-refractivity contribution in [2.45, 2.75) is 19.5 Å².